The van der Waals surface area contributed by atoms with Crippen LogP contribution in [0.2, 0.25) is 0 Å². The molecular formula is C31H28BN3. The molecule has 0 saturated heterocycles. The minimum atomic E-state index is 0.132. The number of anilines is 1. The van der Waals surface area contributed by atoms with Crippen molar-refractivity contribution in [3.05, 3.63) is 101 Å². The second-order valence-corrected chi connectivity index (χ2v) is 10.4. The summed E-state index contributed by atoms with van der Waals surface area (Å²) in [4.78, 5) is 2.33. The Morgan fingerprint density at radius 1 is 0.886 bits per heavy atom. The summed E-state index contributed by atoms with van der Waals surface area (Å²) < 4.78 is 4.95. The van der Waals surface area contributed by atoms with E-state index in [2.05, 4.69) is 116 Å². The largest absolute Gasteiger partial charge is 0.349 e. The highest BCUT2D eigenvalue weighted by Gasteiger charge is 2.42. The monoisotopic (exact) mass is 453 g/mol. The zero-order valence-corrected chi connectivity index (χ0v) is 21.0. The van der Waals surface area contributed by atoms with Gasteiger partial charge in [0.1, 0.15) is 5.65 Å². The van der Waals surface area contributed by atoms with Crippen LogP contribution in [-0.2, 0) is 0 Å². The highest BCUT2D eigenvalue weighted by Crippen LogP contribution is 2.39. The summed E-state index contributed by atoms with van der Waals surface area (Å²) in [5.74, 6) is 0. The lowest BCUT2D eigenvalue weighted by Crippen LogP contribution is -2.55. The molecule has 0 spiro atoms. The van der Waals surface area contributed by atoms with E-state index in [-0.39, 0.29) is 6.71 Å². The highest BCUT2D eigenvalue weighted by molar-refractivity contribution is 6.95. The van der Waals surface area contributed by atoms with Gasteiger partial charge in [-0.25, -0.2) is 0 Å². The quantitative estimate of drug-likeness (QED) is 0.237. The lowest BCUT2D eigenvalue weighted by molar-refractivity contribution is 1.06. The van der Waals surface area contributed by atoms with Crippen LogP contribution in [0.4, 0.5) is 5.69 Å². The van der Waals surface area contributed by atoms with Gasteiger partial charge in [0.15, 0.2) is 0 Å². The molecule has 0 atom stereocenters. The van der Waals surface area contributed by atoms with Crippen LogP contribution in [0.3, 0.4) is 0 Å². The molecule has 3 aromatic carbocycles. The van der Waals surface area contributed by atoms with Crippen molar-refractivity contribution in [2.75, 3.05) is 11.9 Å². The Labute approximate surface area is 206 Å². The molecule has 2 aliphatic heterocycles. The number of imidazole rings is 1. The summed E-state index contributed by atoms with van der Waals surface area (Å²) in [6, 6.07) is 20.5. The molecule has 2 aliphatic rings. The van der Waals surface area contributed by atoms with Gasteiger partial charge < -0.3 is 4.90 Å². The summed E-state index contributed by atoms with van der Waals surface area (Å²) in [6.45, 7) is 17.6. The fraction of sp³-hybridized carbons (Fsp3) is 0.161. The van der Waals surface area contributed by atoms with E-state index in [0.717, 1.165) is 11.1 Å². The maximum absolute atomic E-state index is 4.50. The van der Waals surface area contributed by atoms with Gasteiger partial charge in [-0.2, -0.15) is 0 Å². The summed E-state index contributed by atoms with van der Waals surface area (Å²) in [5, 5.41) is 1.32. The molecule has 0 bridgehead atoms. The zero-order valence-electron chi connectivity index (χ0n) is 21.0. The van der Waals surface area contributed by atoms with Crippen LogP contribution in [-0.4, -0.2) is 22.7 Å². The van der Waals surface area contributed by atoms with E-state index in [1.54, 1.807) is 0 Å². The second kappa shape index (κ2) is 6.60. The predicted molar refractivity (Wildman–Crippen MR) is 151 cm³/mol. The molecule has 0 N–H and O–H groups in total. The van der Waals surface area contributed by atoms with Gasteiger partial charge in [-0.15, -0.1) is 0 Å². The van der Waals surface area contributed by atoms with Crippen molar-refractivity contribution >= 4 is 50.9 Å². The maximum Gasteiger partial charge on any atom is 0.252 e. The number of para-hydroxylation sites is 1. The maximum atomic E-state index is 4.50. The summed E-state index contributed by atoms with van der Waals surface area (Å²) in [7, 11) is 2.17. The van der Waals surface area contributed by atoms with Gasteiger partial charge >= 0.3 is 0 Å². The number of allylic oxidation sites excluding steroid dienone is 4. The molecule has 7 rings (SSSR count). The smallest absolute Gasteiger partial charge is 0.252 e. The van der Waals surface area contributed by atoms with E-state index in [1.807, 2.05) is 0 Å². The number of aromatic nitrogens is 2. The van der Waals surface area contributed by atoms with Crippen molar-refractivity contribution in [1.82, 2.24) is 8.97 Å². The Kier molecular flexibility index (Phi) is 3.86. The van der Waals surface area contributed by atoms with Gasteiger partial charge in [0.05, 0.1) is 16.6 Å². The van der Waals surface area contributed by atoms with Gasteiger partial charge in [0.25, 0.3) is 6.71 Å². The fourth-order valence-electron chi connectivity index (χ4n) is 6.60. The van der Waals surface area contributed by atoms with Crippen molar-refractivity contribution in [2.45, 2.75) is 27.7 Å². The fourth-order valence-corrected chi connectivity index (χ4v) is 6.60. The molecule has 0 unspecified atom stereocenters. The number of benzene rings is 3. The van der Waals surface area contributed by atoms with E-state index < -0.39 is 0 Å². The molecular weight excluding hydrogens is 425 g/mol. The van der Waals surface area contributed by atoms with Gasteiger partial charge in [-0.1, -0.05) is 43.0 Å². The Bertz CT molecular complexity index is 1840. The minimum Gasteiger partial charge on any atom is -0.349 e. The third kappa shape index (κ3) is 2.37. The van der Waals surface area contributed by atoms with Crippen LogP contribution in [0.25, 0.3) is 33.3 Å². The Morgan fingerprint density at radius 3 is 2.40 bits per heavy atom. The van der Waals surface area contributed by atoms with Gasteiger partial charge in [0.2, 0.25) is 0 Å². The number of aryl methyl sites for hydroxylation is 2. The average Bonchev–Trinajstić information content (AvgIpc) is 3.36. The Balaban J connectivity index is 1.71. The molecule has 0 fully saturated rings. The molecule has 0 aliphatic carbocycles. The highest BCUT2D eigenvalue weighted by atomic mass is 15.2. The molecule has 35 heavy (non-hydrogen) atoms. The second-order valence-electron chi connectivity index (χ2n) is 10.4. The molecule has 0 saturated carbocycles. The first kappa shape index (κ1) is 20.5. The van der Waals surface area contributed by atoms with Crippen molar-refractivity contribution in [1.29, 1.82) is 0 Å². The van der Waals surface area contributed by atoms with Gasteiger partial charge in [-0.05, 0) is 91.1 Å². The zero-order chi connectivity index (χ0) is 24.3. The number of rotatable bonds is 2. The number of hydrogen-bond acceptors (Lipinski definition) is 1. The van der Waals surface area contributed by atoms with Crippen LogP contribution >= 0.6 is 0 Å². The Hall–Kier alpha value is -3.92. The van der Waals surface area contributed by atoms with E-state index in [9.17, 15) is 0 Å². The summed E-state index contributed by atoms with van der Waals surface area (Å²) in [5.41, 5.74) is 17.5. The van der Waals surface area contributed by atoms with E-state index in [4.69, 9.17) is 0 Å². The van der Waals surface area contributed by atoms with Crippen LogP contribution in [0.15, 0.2) is 90.1 Å². The molecule has 5 aromatic rings. The molecule has 0 amide bonds. The first-order chi connectivity index (χ1) is 16.8. The average molecular weight is 453 g/mol. The summed E-state index contributed by atoms with van der Waals surface area (Å²) in [6.07, 6.45) is 0. The lowest BCUT2D eigenvalue weighted by Gasteiger charge is -2.39. The molecule has 3 nitrogen and oxygen atoms in total. The normalized spacial score (nSPS) is 14.4. The van der Waals surface area contributed by atoms with E-state index in [1.165, 1.54) is 72.2 Å². The van der Waals surface area contributed by atoms with Crippen molar-refractivity contribution in [2.24, 2.45) is 0 Å². The standard InChI is InChI=1S/C31H28BN3/c1-17(2)20(5)29-21(6)33(7)24-11-9-12-25-30(24)32(29)23-10-8-13-26-31(23)35(25)28-16-22-19(4)14-18(3)15-27(22)34(26)28/h8-16H,1,5H2,2-4,6-7H3. The predicted octanol–water partition coefficient (Wildman–Crippen LogP) is 5.97. The molecule has 170 valence electrons. The van der Waals surface area contributed by atoms with Gasteiger partial charge in [-0.3, -0.25) is 8.97 Å². The molecule has 0 radical (unpaired) electrons. The number of nitrogens with zero attached hydrogens (tertiary/aromatic N) is 3. The van der Waals surface area contributed by atoms with Crippen molar-refractivity contribution < 1.29 is 0 Å². The molecule has 4 heteroatoms. The first-order valence-corrected chi connectivity index (χ1v) is 12.3. The van der Waals surface area contributed by atoms with Crippen LogP contribution in [0, 0.1) is 13.8 Å². The van der Waals surface area contributed by atoms with E-state index in [0.29, 0.717) is 0 Å². The molecule has 4 heterocycles. The third-order valence-electron chi connectivity index (χ3n) is 8.28. The van der Waals surface area contributed by atoms with Crippen molar-refractivity contribution in [3.8, 4) is 5.69 Å². The topological polar surface area (TPSA) is 12.6 Å². The Morgan fingerprint density at radius 2 is 1.63 bits per heavy atom. The SMILES string of the molecule is C=C(C)C(=C)C1=C(C)N(C)c2cccc3c2B1c1cccc2c1n-3c1cc3c(C)cc(C)cc3n21. The first-order valence-electron chi connectivity index (χ1n) is 12.3. The third-order valence-corrected chi connectivity index (χ3v) is 8.28. The summed E-state index contributed by atoms with van der Waals surface area (Å²) >= 11 is 0. The van der Waals surface area contributed by atoms with E-state index >= 15 is 0 Å². The number of hydrogen-bond donors (Lipinski definition) is 0. The number of fused-ring (bicyclic) bond motifs is 7. The lowest BCUT2D eigenvalue weighted by atomic mass is 9.32. The van der Waals surface area contributed by atoms with Crippen LogP contribution in [0.5, 0.6) is 0 Å². The minimum absolute atomic E-state index is 0.132. The van der Waals surface area contributed by atoms with Crippen LogP contribution < -0.4 is 15.8 Å². The molecule has 2 aromatic heterocycles. The van der Waals surface area contributed by atoms with Gasteiger partial charge in [0, 0.05) is 29.5 Å². The van der Waals surface area contributed by atoms with Crippen molar-refractivity contribution in [3.63, 3.8) is 0 Å². The van der Waals surface area contributed by atoms with Crippen LogP contribution in [0.1, 0.15) is 25.0 Å².